The fourth-order valence-corrected chi connectivity index (χ4v) is 5.12. The van der Waals surface area contributed by atoms with Crippen LogP contribution in [0.25, 0.3) is 11.3 Å². The second kappa shape index (κ2) is 9.27. The van der Waals surface area contributed by atoms with Gasteiger partial charge in [-0.15, -0.1) is 0 Å². The van der Waals surface area contributed by atoms with Gasteiger partial charge in [0.2, 0.25) is 5.91 Å². The quantitative estimate of drug-likeness (QED) is 0.605. The molecule has 0 bridgehead atoms. The molecule has 2 fully saturated rings. The van der Waals surface area contributed by atoms with Crippen LogP contribution in [0.2, 0.25) is 0 Å². The lowest BCUT2D eigenvalue weighted by Crippen LogP contribution is -2.52. The lowest BCUT2D eigenvalue weighted by molar-refractivity contribution is -0.142. The van der Waals surface area contributed by atoms with Crippen LogP contribution in [0.1, 0.15) is 31.2 Å². The first kappa shape index (κ1) is 21.5. The Morgan fingerprint density at radius 2 is 1.88 bits per heavy atom. The zero-order valence-electron chi connectivity index (χ0n) is 18.6. The highest BCUT2D eigenvalue weighted by atomic mass is 16.5. The molecule has 2 aromatic heterocycles. The largest absolute Gasteiger partial charge is 0.381 e. The van der Waals surface area contributed by atoms with Crippen molar-refractivity contribution in [1.82, 2.24) is 19.7 Å². The molecule has 1 aromatic carbocycles. The zero-order valence-corrected chi connectivity index (χ0v) is 18.6. The monoisotopic (exact) mass is 444 g/mol. The highest BCUT2D eigenvalue weighted by Gasteiger charge is 2.46. The summed E-state index contributed by atoms with van der Waals surface area (Å²) < 4.78 is 7.12. The third-order valence-corrected chi connectivity index (χ3v) is 6.93. The van der Waals surface area contributed by atoms with Crippen LogP contribution in [0.4, 0.5) is 0 Å². The lowest BCUT2D eigenvalue weighted by atomic mass is 9.73. The van der Waals surface area contributed by atoms with Gasteiger partial charge in [-0.05, 0) is 49.4 Å². The van der Waals surface area contributed by atoms with E-state index in [1.54, 1.807) is 24.5 Å². The van der Waals surface area contributed by atoms with Crippen molar-refractivity contribution in [1.29, 1.82) is 0 Å². The van der Waals surface area contributed by atoms with Gasteiger partial charge in [0.1, 0.15) is 0 Å². The maximum Gasteiger partial charge on any atom is 0.266 e. The highest BCUT2D eigenvalue weighted by molar-refractivity contribution is 5.89. The molecule has 7 heteroatoms. The van der Waals surface area contributed by atoms with E-state index < -0.39 is 5.41 Å². The first-order valence-corrected chi connectivity index (χ1v) is 11.6. The van der Waals surface area contributed by atoms with Gasteiger partial charge < -0.3 is 9.64 Å². The molecule has 0 saturated carbocycles. The molecule has 2 saturated heterocycles. The van der Waals surface area contributed by atoms with Gasteiger partial charge in [0.15, 0.2) is 0 Å². The van der Waals surface area contributed by atoms with Crippen molar-refractivity contribution in [2.24, 2.45) is 0 Å². The smallest absolute Gasteiger partial charge is 0.266 e. The van der Waals surface area contributed by atoms with Crippen LogP contribution in [0.5, 0.6) is 0 Å². The number of aromatic nitrogens is 3. The normalized spacial score (nSPS) is 20.0. The molecule has 5 rings (SSSR count). The second-order valence-corrected chi connectivity index (χ2v) is 8.84. The Morgan fingerprint density at radius 1 is 1.06 bits per heavy atom. The number of benzene rings is 1. The molecule has 2 aliphatic rings. The summed E-state index contributed by atoms with van der Waals surface area (Å²) in [5, 5.41) is 4.59. The van der Waals surface area contributed by atoms with Gasteiger partial charge in [-0.3, -0.25) is 14.6 Å². The van der Waals surface area contributed by atoms with E-state index in [4.69, 9.17) is 4.74 Å². The minimum absolute atomic E-state index is 0.0599. The number of pyridine rings is 1. The number of rotatable bonds is 5. The Morgan fingerprint density at radius 3 is 2.64 bits per heavy atom. The number of carbonyl (C=O) groups is 1. The number of hydrogen-bond acceptors (Lipinski definition) is 5. The number of nitrogens with zero attached hydrogens (tertiary/aromatic N) is 4. The molecule has 1 amide bonds. The molecule has 0 N–H and O–H groups in total. The molecule has 33 heavy (non-hydrogen) atoms. The standard InChI is InChI=1S/C26H28N4O3/c31-24-11-10-23(20-6-4-14-27-18-20)28-30(24)19-22-9-5-15-29(22)25(32)26(12-16-33-17-13-26)21-7-2-1-3-8-21/h1-4,6-8,10-11,14,18,22H,5,9,12-13,15-17,19H2. The van der Waals surface area contributed by atoms with Gasteiger partial charge in [0.05, 0.1) is 23.7 Å². The number of ether oxygens (including phenoxy) is 1. The summed E-state index contributed by atoms with van der Waals surface area (Å²) in [5.74, 6) is 0.149. The predicted octanol–water partition coefficient (Wildman–Crippen LogP) is 3.04. The second-order valence-electron chi connectivity index (χ2n) is 8.84. The summed E-state index contributed by atoms with van der Waals surface area (Å²) in [4.78, 5) is 32.8. The molecule has 3 aromatic rings. The lowest BCUT2D eigenvalue weighted by Gasteiger charge is -2.40. The first-order valence-electron chi connectivity index (χ1n) is 11.6. The maximum atomic E-state index is 14.1. The van der Waals surface area contributed by atoms with Gasteiger partial charge in [0, 0.05) is 43.8 Å². The van der Waals surface area contributed by atoms with Crippen LogP contribution in [-0.4, -0.2) is 51.4 Å². The Bertz CT molecular complexity index is 1160. The van der Waals surface area contributed by atoms with E-state index in [1.807, 2.05) is 35.2 Å². The van der Waals surface area contributed by atoms with Crippen molar-refractivity contribution >= 4 is 5.91 Å². The summed E-state index contributed by atoms with van der Waals surface area (Å²) in [5.41, 5.74) is 1.88. The molecular formula is C26H28N4O3. The Labute approximate surface area is 193 Å². The number of hydrogen-bond donors (Lipinski definition) is 0. The topological polar surface area (TPSA) is 77.3 Å². The summed E-state index contributed by atoms with van der Waals surface area (Å²) in [6.07, 6.45) is 6.58. The van der Waals surface area contributed by atoms with Crippen LogP contribution in [-0.2, 0) is 21.5 Å². The van der Waals surface area contributed by atoms with Crippen molar-refractivity contribution in [2.75, 3.05) is 19.8 Å². The van der Waals surface area contributed by atoms with E-state index in [1.165, 1.54) is 4.68 Å². The van der Waals surface area contributed by atoms with E-state index in [2.05, 4.69) is 22.2 Å². The zero-order chi connectivity index (χ0) is 22.7. The van der Waals surface area contributed by atoms with Crippen LogP contribution in [0.3, 0.4) is 0 Å². The van der Waals surface area contributed by atoms with Crippen molar-refractivity contribution in [3.63, 3.8) is 0 Å². The molecule has 1 unspecified atom stereocenters. The average Bonchev–Trinajstić information content (AvgIpc) is 3.34. The summed E-state index contributed by atoms with van der Waals surface area (Å²) in [7, 11) is 0. The van der Waals surface area contributed by atoms with Gasteiger partial charge in [-0.25, -0.2) is 4.68 Å². The molecule has 170 valence electrons. The van der Waals surface area contributed by atoms with Gasteiger partial charge in [-0.1, -0.05) is 30.3 Å². The molecule has 0 aliphatic carbocycles. The van der Waals surface area contributed by atoms with E-state index >= 15 is 0 Å². The summed E-state index contributed by atoms with van der Waals surface area (Å²) in [6.45, 7) is 2.25. The Hall–Kier alpha value is -3.32. The van der Waals surface area contributed by atoms with Crippen LogP contribution >= 0.6 is 0 Å². The third kappa shape index (κ3) is 4.20. The van der Waals surface area contributed by atoms with Crippen molar-refractivity contribution < 1.29 is 9.53 Å². The Kier molecular flexibility index (Phi) is 6.05. The summed E-state index contributed by atoms with van der Waals surface area (Å²) >= 11 is 0. The third-order valence-electron chi connectivity index (χ3n) is 6.93. The Balaban J connectivity index is 1.43. The van der Waals surface area contributed by atoms with Crippen molar-refractivity contribution in [3.8, 4) is 11.3 Å². The minimum atomic E-state index is -0.571. The molecule has 4 heterocycles. The molecular weight excluding hydrogens is 416 g/mol. The minimum Gasteiger partial charge on any atom is -0.381 e. The van der Waals surface area contributed by atoms with Crippen LogP contribution in [0, 0.1) is 0 Å². The van der Waals surface area contributed by atoms with E-state index in [0.29, 0.717) is 44.8 Å². The van der Waals surface area contributed by atoms with Crippen LogP contribution < -0.4 is 5.56 Å². The number of carbonyl (C=O) groups excluding carboxylic acids is 1. The van der Waals surface area contributed by atoms with Crippen molar-refractivity contribution in [3.05, 3.63) is 82.9 Å². The molecule has 0 radical (unpaired) electrons. The predicted molar refractivity (Wildman–Crippen MR) is 125 cm³/mol. The maximum absolute atomic E-state index is 14.1. The molecule has 7 nitrogen and oxygen atoms in total. The fourth-order valence-electron chi connectivity index (χ4n) is 5.12. The molecule has 1 atom stereocenters. The van der Waals surface area contributed by atoms with E-state index in [0.717, 1.165) is 24.0 Å². The highest BCUT2D eigenvalue weighted by Crippen LogP contribution is 2.38. The molecule has 2 aliphatic heterocycles. The van der Waals surface area contributed by atoms with Crippen LogP contribution in [0.15, 0.2) is 71.8 Å². The molecule has 0 spiro atoms. The van der Waals surface area contributed by atoms with Gasteiger partial charge >= 0.3 is 0 Å². The number of likely N-dealkylation sites (tertiary alicyclic amines) is 1. The van der Waals surface area contributed by atoms with E-state index in [9.17, 15) is 9.59 Å². The average molecular weight is 445 g/mol. The fraction of sp³-hybridized carbons (Fsp3) is 0.385. The van der Waals surface area contributed by atoms with Crippen molar-refractivity contribution in [2.45, 2.75) is 43.7 Å². The van der Waals surface area contributed by atoms with Gasteiger partial charge in [-0.2, -0.15) is 5.10 Å². The SMILES string of the molecule is O=C(N1CCCC1Cn1nc(-c2cccnc2)ccc1=O)C1(c2ccccc2)CCOCC1. The first-order chi connectivity index (χ1) is 16.2. The number of amides is 1. The van der Waals surface area contributed by atoms with E-state index in [-0.39, 0.29) is 17.5 Å². The van der Waals surface area contributed by atoms with Gasteiger partial charge in [0.25, 0.3) is 5.56 Å². The summed E-state index contributed by atoms with van der Waals surface area (Å²) in [6, 6.07) is 17.0.